The van der Waals surface area contributed by atoms with E-state index in [1.54, 1.807) is 0 Å². The highest BCUT2D eigenvalue weighted by Crippen LogP contribution is 2.12. The summed E-state index contributed by atoms with van der Waals surface area (Å²) in [5, 5.41) is 8.27. The monoisotopic (exact) mass is 227 g/mol. The van der Waals surface area contributed by atoms with Gasteiger partial charge in [-0.1, -0.05) is 0 Å². The Kier molecular flexibility index (Phi) is 5.46. The fourth-order valence-corrected chi connectivity index (χ4v) is 1.87. The van der Waals surface area contributed by atoms with Crippen LogP contribution in [0.3, 0.4) is 0 Å². The van der Waals surface area contributed by atoms with Crippen molar-refractivity contribution in [1.82, 2.24) is 4.90 Å². The van der Waals surface area contributed by atoms with Gasteiger partial charge in [0.05, 0.1) is 6.54 Å². The molecular weight excluding hydrogens is 220 g/mol. The molecule has 1 N–H and O–H groups in total. The second kappa shape index (κ2) is 5.80. The third-order valence-corrected chi connectivity index (χ3v) is 2.25. The predicted octanol–water partition coefficient (Wildman–Crippen LogP) is 0.634. The minimum absolute atomic E-state index is 0.565. The van der Waals surface area contributed by atoms with Crippen LogP contribution in [-0.4, -0.2) is 35.1 Å². The lowest BCUT2D eigenvalue weighted by atomic mass is 10.6. The van der Waals surface area contributed by atoms with Crippen LogP contribution in [0.25, 0.3) is 0 Å². The molecule has 7 nitrogen and oxygen atoms in total. The molecule has 0 heterocycles. The van der Waals surface area contributed by atoms with Gasteiger partial charge in [0, 0.05) is 0 Å². The summed E-state index contributed by atoms with van der Waals surface area (Å²) in [5.74, 6) is -1.27. The van der Waals surface area contributed by atoms with Gasteiger partial charge in [-0.2, -0.15) is 0 Å². The molecule has 0 radical (unpaired) electrons. The second-order valence-corrected chi connectivity index (χ2v) is 4.07. The normalized spacial score (nSPS) is 9.92. The maximum Gasteiger partial charge on any atom is 0.330 e. The minimum Gasteiger partial charge on any atom is -0.480 e. The molecule has 0 spiro atoms. The van der Waals surface area contributed by atoms with Crippen molar-refractivity contribution >= 4 is 21.3 Å². The smallest absolute Gasteiger partial charge is 0.330 e. The van der Waals surface area contributed by atoms with Crippen molar-refractivity contribution in [3.8, 4) is 0 Å². The molecule has 0 aliphatic rings. The van der Waals surface area contributed by atoms with Crippen molar-refractivity contribution in [1.29, 1.82) is 0 Å². The van der Waals surface area contributed by atoms with Crippen LogP contribution >= 0.6 is 15.4 Å². The lowest BCUT2D eigenvalue weighted by Gasteiger charge is -2.10. The summed E-state index contributed by atoms with van der Waals surface area (Å²) in [6.07, 6.45) is -1.13. The first-order valence-electron chi connectivity index (χ1n) is 3.09. The van der Waals surface area contributed by atoms with Gasteiger partial charge in [0.2, 0.25) is 0 Å². The Labute approximate surface area is 74.4 Å². The zero-order chi connectivity index (χ0) is 10.4. The van der Waals surface area contributed by atoms with E-state index >= 15 is 0 Å². The van der Waals surface area contributed by atoms with Gasteiger partial charge in [-0.3, -0.25) is 9.69 Å². The molecule has 74 valence electrons. The van der Waals surface area contributed by atoms with Gasteiger partial charge < -0.3 is 5.11 Å². The Morgan fingerprint density at radius 2 is 1.46 bits per heavy atom. The number of carboxylic acid groups (broad SMARTS) is 1. The van der Waals surface area contributed by atoms with Crippen LogP contribution in [0.1, 0.15) is 0 Å². The average molecular weight is 227 g/mol. The van der Waals surface area contributed by atoms with Crippen LogP contribution in [0, 0.1) is 0 Å². The molecule has 13 heavy (non-hydrogen) atoms. The van der Waals surface area contributed by atoms with E-state index in [4.69, 9.17) is 5.11 Å². The molecule has 0 fully saturated rings. The van der Waals surface area contributed by atoms with Gasteiger partial charge in [0.1, 0.15) is 12.6 Å². The summed E-state index contributed by atoms with van der Waals surface area (Å²) in [6, 6.07) is 0. The fourth-order valence-electron chi connectivity index (χ4n) is 0.663. The van der Waals surface area contributed by atoms with E-state index in [0.717, 1.165) is 4.90 Å². The largest absolute Gasteiger partial charge is 0.480 e. The van der Waals surface area contributed by atoms with E-state index in [1.165, 1.54) is 0 Å². The molecular formula is C4H7NO6P2. The second-order valence-electron chi connectivity index (χ2n) is 2.17. The van der Waals surface area contributed by atoms with E-state index in [2.05, 4.69) is 0 Å². The number of aliphatic carboxylic acids is 1. The van der Waals surface area contributed by atoms with Crippen LogP contribution < -0.4 is 0 Å². The molecule has 0 amide bonds. The first kappa shape index (κ1) is 12.2. The SMILES string of the molecule is O=C(O)CN(CP(=O)=O)CP(=O)=O. The molecule has 0 rings (SSSR count). The summed E-state index contributed by atoms with van der Waals surface area (Å²) in [6.45, 7) is -0.605. The van der Waals surface area contributed by atoms with Crippen molar-refractivity contribution in [2.45, 2.75) is 0 Å². The summed E-state index contributed by atoms with van der Waals surface area (Å²) in [7, 11) is -5.61. The quantitative estimate of drug-likeness (QED) is 0.662. The highest BCUT2D eigenvalue weighted by Gasteiger charge is 2.13. The summed E-state index contributed by atoms with van der Waals surface area (Å²) in [4.78, 5) is 10.9. The van der Waals surface area contributed by atoms with Crippen molar-refractivity contribution in [3.05, 3.63) is 0 Å². The van der Waals surface area contributed by atoms with Crippen LogP contribution in [0.15, 0.2) is 0 Å². The van der Waals surface area contributed by atoms with Crippen molar-refractivity contribution in [3.63, 3.8) is 0 Å². The van der Waals surface area contributed by atoms with E-state index in [0.29, 0.717) is 0 Å². The van der Waals surface area contributed by atoms with Crippen molar-refractivity contribution < 1.29 is 28.2 Å². The summed E-state index contributed by atoms with van der Waals surface area (Å²) in [5.41, 5.74) is 0. The van der Waals surface area contributed by atoms with Gasteiger partial charge in [-0.05, 0) is 0 Å². The standard InChI is InChI=1S/C4H7NO6P2/c6-4(7)1-5(2-12(8)9)3-13(10)11/h1-3H2,(H,6,7). The lowest BCUT2D eigenvalue weighted by Crippen LogP contribution is -2.28. The van der Waals surface area contributed by atoms with Crippen molar-refractivity contribution in [2.24, 2.45) is 0 Å². The van der Waals surface area contributed by atoms with E-state index in [1.807, 2.05) is 0 Å². The Morgan fingerprint density at radius 3 is 1.69 bits per heavy atom. The van der Waals surface area contributed by atoms with Gasteiger partial charge in [-0.15, -0.1) is 0 Å². The molecule has 9 heteroatoms. The fraction of sp³-hybridized carbons (Fsp3) is 0.750. The zero-order valence-corrected chi connectivity index (χ0v) is 8.24. The maximum absolute atomic E-state index is 10.2. The first-order chi connectivity index (χ1) is 5.91. The molecule has 0 aromatic carbocycles. The molecule has 0 unspecified atom stereocenters. The van der Waals surface area contributed by atoms with Crippen LogP contribution in [-0.2, 0) is 23.1 Å². The minimum atomic E-state index is -2.81. The van der Waals surface area contributed by atoms with Gasteiger partial charge in [-0.25, -0.2) is 18.3 Å². The number of rotatable bonds is 6. The molecule has 0 aliphatic carbocycles. The third-order valence-electron chi connectivity index (χ3n) is 0.990. The molecule has 0 atom stereocenters. The van der Waals surface area contributed by atoms with Crippen LogP contribution in [0.2, 0.25) is 0 Å². The van der Waals surface area contributed by atoms with E-state index in [9.17, 15) is 23.1 Å². The Balaban J connectivity index is 4.26. The molecule has 0 saturated heterocycles. The summed E-state index contributed by atoms with van der Waals surface area (Å²) >= 11 is 0. The van der Waals surface area contributed by atoms with E-state index < -0.39 is 40.4 Å². The topological polar surface area (TPSA) is 109 Å². The number of hydrogen-bond acceptors (Lipinski definition) is 6. The number of nitrogens with zero attached hydrogens (tertiary/aromatic N) is 1. The van der Waals surface area contributed by atoms with E-state index in [-0.39, 0.29) is 0 Å². The van der Waals surface area contributed by atoms with Gasteiger partial charge in [0.15, 0.2) is 0 Å². The maximum atomic E-state index is 10.2. The Morgan fingerprint density at radius 1 is 1.08 bits per heavy atom. The number of carboxylic acids is 1. The average Bonchev–Trinajstić information content (AvgIpc) is 1.80. The van der Waals surface area contributed by atoms with Gasteiger partial charge in [0.25, 0.3) is 0 Å². The highest BCUT2D eigenvalue weighted by atomic mass is 31.1. The molecule has 0 aromatic rings. The van der Waals surface area contributed by atoms with Crippen LogP contribution in [0.4, 0.5) is 0 Å². The Hall–Kier alpha value is -0.770. The Bertz CT molecular complexity index is 279. The predicted molar refractivity (Wildman–Crippen MR) is 40.7 cm³/mol. The summed E-state index contributed by atoms with van der Waals surface area (Å²) < 4.78 is 40.7. The molecule has 0 saturated carbocycles. The van der Waals surface area contributed by atoms with Gasteiger partial charge >= 0.3 is 21.3 Å². The third kappa shape index (κ3) is 7.59. The lowest BCUT2D eigenvalue weighted by molar-refractivity contribution is -0.137. The first-order valence-corrected chi connectivity index (χ1v) is 5.82. The molecule has 0 aromatic heterocycles. The highest BCUT2D eigenvalue weighted by molar-refractivity contribution is 7.31. The molecule has 0 aliphatic heterocycles. The molecule has 0 bridgehead atoms. The zero-order valence-electron chi connectivity index (χ0n) is 6.45. The van der Waals surface area contributed by atoms with Crippen LogP contribution in [0.5, 0.6) is 0 Å². The number of hydrogen-bond donors (Lipinski definition) is 1. The van der Waals surface area contributed by atoms with Crippen molar-refractivity contribution in [2.75, 3.05) is 19.1 Å². The number of carbonyl (C=O) groups is 1.